The fraction of sp³-hybridized carbons (Fsp3) is 0.550. The lowest BCUT2D eigenvalue weighted by molar-refractivity contribution is 0.0824. The smallest absolute Gasteiger partial charge is 0.163 e. The Morgan fingerprint density at radius 2 is 2.14 bits per heavy atom. The van der Waals surface area contributed by atoms with Gasteiger partial charge in [-0.25, -0.2) is 0 Å². The van der Waals surface area contributed by atoms with E-state index in [4.69, 9.17) is 0 Å². The quantitative estimate of drug-likeness (QED) is 0.721. The van der Waals surface area contributed by atoms with Gasteiger partial charge < -0.3 is 0 Å². The first-order chi connectivity index (χ1) is 10.2. The third-order valence-corrected chi connectivity index (χ3v) is 5.99. The molecule has 2 bridgehead atoms. The normalized spacial score (nSPS) is 29.9. The van der Waals surface area contributed by atoms with Gasteiger partial charge in [0.25, 0.3) is 0 Å². The standard InChI is InChI=1S/C20H24O/c1-2-3-4-14-6-8-18-16(9-14)12-20(13-19(18)21)11-15-5-7-17(20)10-15/h5-6,8-9,17H,2-4,7,10-13H2,1H3. The van der Waals surface area contributed by atoms with E-state index in [0.717, 1.165) is 30.7 Å². The lowest BCUT2D eigenvalue weighted by Crippen LogP contribution is -2.36. The second kappa shape index (κ2) is 4.83. The van der Waals surface area contributed by atoms with Crippen LogP contribution in [0.5, 0.6) is 0 Å². The molecule has 0 N–H and O–H groups in total. The Kier molecular flexibility index (Phi) is 3.06. The molecule has 110 valence electrons. The third kappa shape index (κ3) is 2.09. The number of allylic oxidation sites excluding steroid dienone is 2. The zero-order valence-corrected chi connectivity index (χ0v) is 13.0. The van der Waals surface area contributed by atoms with Crippen molar-refractivity contribution >= 4 is 5.78 Å². The molecule has 0 saturated heterocycles. The van der Waals surface area contributed by atoms with Crippen molar-refractivity contribution in [2.75, 3.05) is 0 Å². The molecule has 1 fully saturated rings. The van der Waals surface area contributed by atoms with E-state index in [-0.39, 0.29) is 5.41 Å². The summed E-state index contributed by atoms with van der Waals surface area (Å²) in [5, 5.41) is 0. The first-order valence-electron chi connectivity index (χ1n) is 8.53. The van der Waals surface area contributed by atoms with Crippen molar-refractivity contribution in [1.29, 1.82) is 0 Å². The highest BCUT2D eigenvalue weighted by Crippen LogP contribution is 2.58. The van der Waals surface area contributed by atoms with Gasteiger partial charge in [0, 0.05) is 12.0 Å². The minimum atomic E-state index is 0.275. The molecule has 1 heteroatoms. The summed E-state index contributed by atoms with van der Waals surface area (Å²) in [6.45, 7) is 2.24. The van der Waals surface area contributed by atoms with Crippen LogP contribution in [-0.4, -0.2) is 5.78 Å². The lowest BCUT2D eigenvalue weighted by Gasteiger charge is -2.39. The van der Waals surface area contributed by atoms with E-state index in [9.17, 15) is 4.79 Å². The molecule has 1 spiro atoms. The Hall–Kier alpha value is -1.37. The highest BCUT2D eigenvalue weighted by molar-refractivity contribution is 5.99. The Bertz CT molecular complexity index is 625. The number of aryl methyl sites for hydroxylation is 1. The minimum Gasteiger partial charge on any atom is -0.294 e. The Balaban J connectivity index is 1.66. The van der Waals surface area contributed by atoms with Crippen LogP contribution in [0.4, 0.5) is 0 Å². The van der Waals surface area contributed by atoms with E-state index >= 15 is 0 Å². The maximum absolute atomic E-state index is 12.6. The second-order valence-corrected chi connectivity index (χ2v) is 7.41. The first kappa shape index (κ1) is 13.3. The number of ketones is 1. The predicted molar refractivity (Wildman–Crippen MR) is 85.6 cm³/mol. The maximum atomic E-state index is 12.6. The van der Waals surface area contributed by atoms with Crippen molar-refractivity contribution < 1.29 is 4.79 Å². The number of fused-ring (bicyclic) bond motifs is 4. The van der Waals surface area contributed by atoms with Crippen LogP contribution < -0.4 is 0 Å². The summed E-state index contributed by atoms with van der Waals surface area (Å²) in [5.74, 6) is 1.13. The Morgan fingerprint density at radius 1 is 1.24 bits per heavy atom. The fourth-order valence-electron chi connectivity index (χ4n) is 4.87. The summed E-state index contributed by atoms with van der Waals surface area (Å²) in [7, 11) is 0. The summed E-state index contributed by atoms with van der Waals surface area (Å²) in [6.07, 6.45) is 11.6. The molecular weight excluding hydrogens is 256 g/mol. The molecule has 0 heterocycles. The van der Waals surface area contributed by atoms with Gasteiger partial charge in [0.05, 0.1) is 0 Å². The molecule has 1 aromatic rings. The topological polar surface area (TPSA) is 17.1 Å². The van der Waals surface area contributed by atoms with E-state index in [0.29, 0.717) is 5.78 Å². The number of benzene rings is 1. The zero-order chi connectivity index (χ0) is 14.4. The molecule has 0 amide bonds. The van der Waals surface area contributed by atoms with Crippen molar-refractivity contribution in [1.82, 2.24) is 0 Å². The summed E-state index contributed by atoms with van der Waals surface area (Å²) in [4.78, 5) is 12.6. The molecular formula is C20H24O. The molecule has 3 aliphatic rings. The molecule has 4 rings (SSSR count). The van der Waals surface area contributed by atoms with E-state index in [2.05, 4.69) is 31.2 Å². The number of unbranched alkanes of at least 4 members (excludes halogenated alkanes) is 1. The van der Waals surface area contributed by atoms with Gasteiger partial charge in [0.1, 0.15) is 0 Å². The number of carbonyl (C=O) groups is 1. The van der Waals surface area contributed by atoms with E-state index < -0.39 is 0 Å². The molecule has 1 nitrogen and oxygen atoms in total. The average molecular weight is 280 g/mol. The second-order valence-electron chi connectivity index (χ2n) is 7.41. The predicted octanol–water partition coefficient (Wildman–Crippen LogP) is 4.88. The molecule has 1 aromatic carbocycles. The van der Waals surface area contributed by atoms with Gasteiger partial charge in [-0.05, 0) is 61.0 Å². The summed E-state index contributed by atoms with van der Waals surface area (Å²) in [5.41, 5.74) is 5.67. The van der Waals surface area contributed by atoms with Gasteiger partial charge in [-0.2, -0.15) is 0 Å². The van der Waals surface area contributed by atoms with Crippen LogP contribution >= 0.6 is 0 Å². The van der Waals surface area contributed by atoms with Gasteiger partial charge in [-0.1, -0.05) is 43.2 Å². The monoisotopic (exact) mass is 280 g/mol. The van der Waals surface area contributed by atoms with Crippen LogP contribution in [0.2, 0.25) is 0 Å². The SMILES string of the molecule is CCCCc1ccc2c(c1)CC1(CC2=O)CC2=CCC1C2. The van der Waals surface area contributed by atoms with Crippen molar-refractivity contribution in [3.05, 3.63) is 46.5 Å². The van der Waals surface area contributed by atoms with Crippen LogP contribution in [0, 0.1) is 11.3 Å². The maximum Gasteiger partial charge on any atom is 0.163 e. The van der Waals surface area contributed by atoms with E-state index in [1.807, 2.05) is 0 Å². The summed E-state index contributed by atoms with van der Waals surface area (Å²) in [6, 6.07) is 6.61. The summed E-state index contributed by atoms with van der Waals surface area (Å²) >= 11 is 0. The van der Waals surface area contributed by atoms with Crippen molar-refractivity contribution in [2.24, 2.45) is 11.3 Å². The lowest BCUT2D eigenvalue weighted by atomic mass is 9.63. The largest absolute Gasteiger partial charge is 0.294 e. The molecule has 1 saturated carbocycles. The number of Topliss-reactive ketones (excluding diaryl/α,β-unsaturated/α-hetero) is 1. The van der Waals surface area contributed by atoms with Gasteiger partial charge in [0.15, 0.2) is 5.78 Å². The van der Waals surface area contributed by atoms with Crippen LogP contribution in [0.1, 0.15) is 66.9 Å². The number of carbonyl (C=O) groups excluding carboxylic acids is 1. The van der Waals surface area contributed by atoms with Crippen LogP contribution in [0.25, 0.3) is 0 Å². The number of hydrogen-bond donors (Lipinski definition) is 0. The highest BCUT2D eigenvalue weighted by atomic mass is 16.1. The zero-order valence-electron chi connectivity index (χ0n) is 13.0. The van der Waals surface area contributed by atoms with Gasteiger partial charge >= 0.3 is 0 Å². The molecule has 2 unspecified atom stereocenters. The van der Waals surface area contributed by atoms with Crippen LogP contribution in [0.15, 0.2) is 29.8 Å². The molecule has 21 heavy (non-hydrogen) atoms. The average Bonchev–Trinajstić information content (AvgIpc) is 3.05. The Morgan fingerprint density at radius 3 is 2.86 bits per heavy atom. The highest BCUT2D eigenvalue weighted by Gasteiger charge is 2.50. The third-order valence-electron chi connectivity index (χ3n) is 5.99. The first-order valence-corrected chi connectivity index (χ1v) is 8.53. The van der Waals surface area contributed by atoms with E-state index in [1.165, 1.54) is 43.2 Å². The van der Waals surface area contributed by atoms with Crippen LogP contribution in [-0.2, 0) is 12.8 Å². The number of hydrogen-bond acceptors (Lipinski definition) is 1. The van der Waals surface area contributed by atoms with Gasteiger partial charge in [0.2, 0.25) is 0 Å². The van der Waals surface area contributed by atoms with E-state index in [1.54, 1.807) is 5.57 Å². The molecule has 0 aromatic heterocycles. The van der Waals surface area contributed by atoms with Crippen molar-refractivity contribution in [3.8, 4) is 0 Å². The molecule has 0 aliphatic heterocycles. The minimum absolute atomic E-state index is 0.275. The molecule has 3 aliphatic carbocycles. The van der Waals surface area contributed by atoms with Gasteiger partial charge in [-0.3, -0.25) is 4.79 Å². The summed E-state index contributed by atoms with van der Waals surface area (Å²) < 4.78 is 0. The number of rotatable bonds is 3. The fourth-order valence-corrected chi connectivity index (χ4v) is 4.87. The van der Waals surface area contributed by atoms with Gasteiger partial charge in [-0.15, -0.1) is 0 Å². The molecule has 0 radical (unpaired) electrons. The Labute approximate surface area is 127 Å². The molecule has 2 atom stereocenters. The van der Waals surface area contributed by atoms with Crippen LogP contribution in [0.3, 0.4) is 0 Å². The van der Waals surface area contributed by atoms with Crippen molar-refractivity contribution in [3.63, 3.8) is 0 Å². The van der Waals surface area contributed by atoms with Crippen molar-refractivity contribution in [2.45, 2.75) is 58.3 Å².